The van der Waals surface area contributed by atoms with Gasteiger partial charge in [-0.2, -0.15) is 5.10 Å². The zero-order chi connectivity index (χ0) is 23.8. The van der Waals surface area contributed by atoms with Gasteiger partial charge in [-0.1, -0.05) is 24.3 Å². The fraction of sp³-hybridized carbons (Fsp3) is 0.222. The van der Waals surface area contributed by atoms with E-state index in [-0.39, 0.29) is 5.56 Å². The van der Waals surface area contributed by atoms with Crippen LogP contribution < -0.4 is 10.3 Å². The molecule has 5 aromatic rings. The number of para-hydroxylation sites is 1. The predicted octanol–water partition coefficient (Wildman–Crippen LogP) is 5.19. The van der Waals surface area contributed by atoms with Gasteiger partial charge in [0.05, 0.1) is 24.4 Å². The van der Waals surface area contributed by atoms with E-state index in [9.17, 15) is 4.79 Å². The quantitative estimate of drug-likeness (QED) is 0.353. The van der Waals surface area contributed by atoms with Crippen LogP contribution in [0.15, 0.2) is 70.1 Å². The van der Waals surface area contributed by atoms with Crippen LogP contribution in [0.4, 0.5) is 0 Å². The van der Waals surface area contributed by atoms with Crippen LogP contribution in [0.25, 0.3) is 28.2 Å². The van der Waals surface area contributed by atoms with E-state index in [4.69, 9.17) is 9.15 Å². The summed E-state index contributed by atoms with van der Waals surface area (Å²) < 4.78 is 14.9. The predicted molar refractivity (Wildman–Crippen MR) is 131 cm³/mol. The number of nitrogens with zero attached hydrogens (tertiary/aromatic N) is 4. The number of hydrogen-bond donors (Lipinski definition) is 0. The van der Waals surface area contributed by atoms with E-state index in [1.165, 1.54) is 11.1 Å². The zero-order valence-electron chi connectivity index (χ0n) is 19.7. The maximum Gasteiger partial charge on any atom is 0.276 e. The van der Waals surface area contributed by atoms with Gasteiger partial charge < -0.3 is 13.7 Å². The van der Waals surface area contributed by atoms with Gasteiger partial charge in [0.1, 0.15) is 22.7 Å². The van der Waals surface area contributed by atoms with Crippen molar-refractivity contribution >= 4 is 5.52 Å². The lowest BCUT2D eigenvalue weighted by molar-refractivity contribution is 0.340. The topological polar surface area (TPSA) is 74.6 Å². The average Bonchev–Trinajstić information content (AvgIpc) is 3.42. The van der Waals surface area contributed by atoms with Crippen molar-refractivity contribution in [3.63, 3.8) is 0 Å². The minimum absolute atomic E-state index is 0.135. The second-order valence-corrected chi connectivity index (χ2v) is 8.34. The molecule has 0 fully saturated rings. The van der Waals surface area contributed by atoms with Gasteiger partial charge in [0, 0.05) is 18.0 Å². The Balaban J connectivity index is 1.49. The van der Waals surface area contributed by atoms with E-state index in [0.29, 0.717) is 36.0 Å². The highest BCUT2D eigenvalue weighted by atomic mass is 16.5. The Morgan fingerprint density at radius 2 is 1.82 bits per heavy atom. The molecule has 7 nitrogen and oxygen atoms in total. The molecule has 0 aliphatic carbocycles. The number of oxazole rings is 1. The maximum absolute atomic E-state index is 13.2. The van der Waals surface area contributed by atoms with Crippen molar-refractivity contribution in [2.45, 2.75) is 34.2 Å². The summed E-state index contributed by atoms with van der Waals surface area (Å²) in [6.45, 7) is 8.79. The molecule has 0 unspecified atom stereocenters. The first-order valence-corrected chi connectivity index (χ1v) is 11.3. The molecule has 0 spiro atoms. The molecule has 0 bridgehead atoms. The largest absolute Gasteiger partial charge is 0.493 e. The summed E-state index contributed by atoms with van der Waals surface area (Å²) in [7, 11) is 0. The summed E-state index contributed by atoms with van der Waals surface area (Å²) in [5.41, 5.74) is 6.03. The van der Waals surface area contributed by atoms with E-state index in [1.54, 1.807) is 21.5 Å². The molecular formula is C27H26N4O3. The highest BCUT2D eigenvalue weighted by Gasteiger charge is 2.17. The number of aryl methyl sites for hydroxylation is 3. The number of aromatic nitrogens is 4. The Bertz CT molecular complexity index is 1560. The molecule has 5 rings (SSSR count). The van der Waals surface area contributed by atoms with Crippen molar-refractivity contribution in [2.24, 2.45) is 0 Å². The molecule has 0 aliphatic rings. The minimum Gasteiger partial charge on any atom is -0.493 e. The molecule has 0 aliphatic heterocycles. The monoisotopic (exact) mass is 454 g/mol. The smallest absolute Gasteiger partial charge is 0.276 e. The number of rotatable bonds is 6. The molecule has 3 heterocycles. The standard InChI is InChI=1S/C27H26N4O3/c1-5-33-25-9-7-6-8-21(25)26-28-23(19(4)34-26)16-30-12-13-31-24(27(30)32)15-22(29-31)20-11-10-17(2)18(3)14-20/h6-15H,5,16H2,1-4H3. The van der Waals surface area contributed by atoms with Crippen LogP contribution in [0.3, 0.4) is 0 Å². The summed E-state index contributed by atoms with van der Waals surface area (Å²) in [6, 6.07) is 15.7. The van der Waals surface area contributed by atoms with Crippen molar-refractivity contribution in [3.05, 3.63) is 93.9 Å². The fourth-order valence-corrected chi connectivity index (χ4v) is 3.97. The number of hydrogen-bond acceptors (Lipinski definition) is 5. The lowest BCUT2D eigenvalue weighted by Gasteiger charge is -2.06. The molecule has 0 saturated carbocycles. The molecule has 172 valence electrons. The Labute approximate surface area is 197 Å². The normalized spacial score (nSPS) is 11.3. The molecule has 7 heteroatoms. The molecule has 0 saturated heterocycles. The van der Waals surface area contributed by atoms with E-state index < -0.39 is 0 Å². The van der Waals surface area contributed by atoms with Crippen molar-refractivity contribution < 1.29 is 9.15 Å². The van der Waals surface area contributed by atoms with Crippen molar-refractivity contribution in [3.8, 4) is 28.5 Å². The lowest BCUT2D eigenvalue weighted by Crippen LogP contribution is -2.22. The summed E-state index contributed by atoms with van der Waals surface area (Å²) >= 11 is 0. The number of fused-ring (bicyclic) bond motifs is 1. The van der Waals surface area contributed by atoms with Gasteiger partial charge in [-0.25, -0.2) is 9.50 Å². The highest BCUT2D eigenvalue weighted by molar-refractivity contribution is 5.66. The molecular weight excluding hydrogens is 428 g/mol. The number of benzene rings is 2. The van der Waals surface area contributed by atoms with Gasteiger partial charge in [0.15, 0.2) is 0 Å². The first kappa shape index (κ1) is 21.7. The third-order valence-corrected chi connectivity index (χ3v) is 6.04. The van der Waals surface area contributed by atoms with Crippen molar-refractivity contribution in [1.82, 2.24) is 19.2 Å². The van der Waals surface area contributed by atoms with Crippen LogP contribution >= 0.6 is 0 Å². The summed E-state index contributed by atoms with van der Waals surface area (Å²) in [5, 5.41) is 4.61. The van der Waals surface area contributed by atoms with Gasteiger partial charge in [-0.05, 0) is 63.1 Å². The average molecular weight is 455 g/mol. The molecule has 0 radical (unpaired) electrons. The van der Waals surface area contributed by atoms with Crippen LogP contribution in [-0.2, 0) is 6.54 Å². The summed E-state index contributed by atoms with van der Waals surface area (Å²) in [5.74, 6) is 1.86. The van der Waals surface area contributed by atoms with Crippen LogP contribution in [0.5, 0.6) is 5.75 Å². The third-order valence-electron chi connectivity index (χ3n) is 6.04. The molecule has 3 aromatic heterocycles. The van der Waals surface area contributed by atoms with E-state index in [1.807, 2.05) is 50.2 Å². The van der Waals surface area contributed by atoms with Gasteiger partial charge in [0.25, 0.3) is 5.56 Å². The summed E-state index contributed by atoms with van der Waals surface area (Å²) in [6.07, 6.45) is 3.52. The van der Waals surface area contributed by atoms with Gasteiger partial charge in [-0.15, -0.1) is 0 Å². The lowest BCUT2D eigenvalue weighted by atomic mass is 10.0. The van der Waals surface area contributed by atoms with E-state index >= 15 is 0 Å². The van der Waals surface area contributed by atoms with E-state index in [2.05, 4.69) is 36.1 Å². The third kappa shape index (κ3) is 3.90. The second kappa shape index (κ2) is 8.67. The highest BCUT2D eigenvalue weighted by Crippen LogP contribution is 2.30. The summed E-state index contributed by atoms with van der Waals surface area (Å²) in [4.78, 5) is 17.9. The first-order valence-electron chi connectivity index (χ1n) is 11.3. The van der Waals surface area contributed by atoms with Gasteiger partial charge >= 0.3 is 0 Å². The van der Waals surface area contributed by atoms with Crippen molar-refractivity contribution in [2.75, 3.05) is 6.61 Å². The van der Waals surface area contributed by atoms with Crippen molar-refractivity contribution in [1.29, 1.82) is 0 Å². The zero-order valence-corrected chi connectivity index (χ0v) is 19.7. The molecule has 34 heavy (non-hydrogen) atoms. The Hall–Kier alpha value is -4.13. The molecule has 0 atom stereocenters. The Kier molecular flexibility index (Phi) is 5.53. The van der Waals surface area contributed by atoms with Gasteiger partial charge in [0.2, 0.25) is 5.89 Å². The maximum atomic E-state index is 13.2. The minimum atomic E-state index is -0.135. The fourth-order valence-electron chi connectivity index (χ4n) is 3.97. The van der Waals surface area contributed by atoms with Crippen LogP contribution in [0, 0.1) is 20.8 Å². The van der Waals surface area contributed by atoms with Crippen LogP contribution in [0.2, 0.25) is 0 Å². The van der Waals surface area contributed by atoms with E-state index in [0.717, 1.165) is 22.6 Å². The Morgan fingerprint density at radius 3 is 2.62 bits per heavy atom. The molecule has 0 amide bonds. The Morgan fingerprint density at radius 1 is 1.00 bits per heavy atom. The molecule has 0 N–H and O–H groups in total. The second-order valence-electron chi connectivity index (χ2n) is 8.34. The molecule has 2 aromatic carbocycles. The van der Waals surface area contributed by atoms with Crippen LogP contribution in [0.1, 0.15) is 29.5 Å². The van der Waals surface area contributed by atoms with Crippen LogP contribution in [-0.4, -0.2) is 25.8 Å². The van der Waals surface area contributed by atoms with Gasteiger partial charge in [-0.3, -0.25) is 4.79 Å². The SMILES string of the molecule is CCOc1ccccc1-c1nc(Cn2ccn3nc(-c4ccc(C)c(C)c4)cc3c2=O)c(C)o1. The number of ether oxygens (including phenoxy) is 1. The first-order chi connectivity index (χ1) is 16.4.